The van der Waals surface area contributed by atoms with Crippen molar-refractivity contribution in [2.45, 2.75) is 6.92 Å². The predicted octanol–water partition coefficient (Wildman–Crippen LogP) is 1.65. The second-order valence-corrected chi connectivity index (χ2v) is 5.52. The van der Waals surface area contributed by atoms with Crippen molar-refractivity contribution in [1.29, 1.82) is 0 Å². The Hall–Kier alpha value is -0.440. The number of thioether (sulfide) groups is 1. The molecule has 1 rings (SSSR count). The first-order valence-corrected chi connectivity index (χ1v) is 7.13. The van der Waals surface area contributed by atoms with Gasteiger partial charge in [-0.05, 0) is 13.2 Å². The van der Waals surface area contributed by atoms with Crippen molar-refractivity contribution in [3.8, 4) is 0 Å². The maximum atomic E-state index is 11.5. The summed E-state index contributed by atoms with van der Waals surface area (Å²) in [5.41, 5.74) is 0. The van der Waals surface area contributed by atoms with E-state index in [0.29, 0.717) is 18.3 Å². The van der Waals surface area contributed by atoms with Gasteiger partial charge in [0.2, 0.25) is 0 Å². The second-order valence-electron chi connectivity index (χ2n) is 3.29. The zero-order valence-electron chi connectivity index (χ0n) is 10.2. The first-order chi connectivity index (χ1) is 8.13. The first-order valence-electron chi connectivity index (χ1n) is 5.17. The van der Waals surface area contributed by atoms with E-state index in [1.807, 2.05) is 6.26 Å². The van der Waals surface area contributed by atoms with E-state index >= 15 is 0 Å². The van der Waals surface area contributed by atoms with Gasteiger partial charge in [-0.15, -0.1) is 11.8 Å². The van der Waals surface area contributed by atoms with Gasteiger partial charge in [-0.3, -0.25) is 4.84 Å². The molecule has 1 heterocycles. The number of carbonyl (C=O) groups is 1. The Morgan fingerprint density at radius 1 is 1.47 bits per heavy atom. The van der Waals surface area contributed by atoms with Crippen molar-refractivity contribution in [2.24, 2.45) is 5.16 Å². The molecule has 0 spiro atoms. The topological polar surface area (TPSA) is 54.4 Å². The summed E-state index contributed by atoms with van der Waals surface area (Å²) in [4.78, 5) is 16.3. The van der Waals surface area contributed by atoms with Crippen LogP contribution in [0.2, 0.25) is 0 Å². The highest BCUT2D eigenvalue weighted by Crippen LogP contribution is 2.16. The third-order valence-corrected chi connectivity index (χ3v) is 3.67. The average Bonchev–Trinajstić information content (AvgIpc) is 2.36. The summed E-state index contributed by atoms with van der Waals surface area (Å²) < 4.78 is 8.69. The molecular weight excluding hydrogens is 262 g/mol. The summed E-state index contributed by atoms with van der Waals surface area (Å²) in [5, 5.41) is 4.40. The van der Waals surface area contributed by atoms with Gasteiger partial charge < -0.3 is 4.74 Å². The molecule has 1 aliphatic rings. The third-order valence-electron chi connectivity index (χ3n) is 2.01. The van der Waals surface area contributed by atoms with Crippen LogP contribution in [-0.2, 0) is 9.57 Å². The van der Waals surface area contributed by atoms with E-state index in [1.165, 1.54) is 28.2 Å². The van der Waals surface area contributed by atoms with Crippen LogP contribution in [0.15, 0.2) is 5.16 Å². The minimum absolute atomic E-state index is 0.477. The lowest BCUT2D eigenvalue weighted by Crippen LogP contribution is -2.35. The van der Waals surface area contributed by atoms with Crippen LogP contribution in [0.5, 0.6) is 0 Å². The van der Waals surface area contributed by atoms with E-state index in [2.05, 4.69) is 9.46 Å². The van der Waals surface area contributed by atoms with Crippen molar-refractivity contribution < 1.29 is 14.4 Å². The van der Waals surface area contributed by atoms with E-state index in [4.69, 9.17) is 9.57 Å². The maximum Gasteiger partial charge on any atom is 0.446 e. The van der Waals surface area contributed by atoms with Gasteiger partial charge in [0.1, 0.15) is 5.04 Å². The van der Waals surface area contributed by atoms with Crippen molar-refractivity contribution >= 4 is 35.0 Å². The van der Waals surface area contributed by atoms with Crippen LogP contribution in [0.1, 0.15) is 6.92 Å². The lowest BCUT2D eigenvalue weighted by Gasteiger charge is -2.27. The number of hydrogen-bond acceptors (Lipinski definition) is 7. The standard InChI is InChI=1S/C9H17N3O3S2/c1-8(16-3)10-15-9(13)11(2)17-12-4-6-14-7-5-12/h4-7H2,1-3H3/b10-8-. The van der Waals surface area contributed by atoms with Crippen LogP contribution in [0.25, 0.3) is 0 Å². The highest BCUT2D eigenvalue weighted by Gasteiger charge is 2.18. The quantitative estimate of drug-likeness (QED) is 0.257. The highest BCUT2D eigenvalue weighted by molar-refractivity contribution is 8.13. The number of nitrogens with zero attached hydrogens (tertiary/aromatic N) is 3. The molecule has 1 fully saturated rings. The summed E-state index contributed by atoms with van der Waals surface area (Å²) in [5.74, 6) is 0. The Labute approximate surface area is 110 Å². The van der Waals surface area contributed by atoms with Crippen LogP contribution in [0.3, 0.4) is 0 Å². The number of amides is 1. The van der Waals surface area contributed by atoms with E-state index < -0.39 is 6.09 Å². The van der Waals surface area contributed by atoms with Crippen LogP contribution < -0.4 is 0 Å². The molecule has 17 heavy (non-hydrogen) atoms. The average molecular weight is 279 g/mol. The first kappa shape index (κ1) is 14.6. The second kappa shape index (κ2) is 7.80. The van der Waals surface area contributed by atoms with Crippen molar-refractivity contribution in [3.05, 3.63) is 0 Å². The van der Waals surface area contributed by atoms with Gasteiger partial charge in [0.05, 0.1) is 13.2 Å². The van der Waals surface area contributed by atoms with Crippen LogP contribution in [0.4, 0.5) is 4.79 Å². The van der Waals surface area contributed by atoms with E-state index in [9.17, 15) is 4.79 Å². The van der Waals surface area contributed by atoms with Gasteiger partial charge in [-0.1, -0.05) is 5.16 Å². The zero-order valence-corrected chi connectivity index (χ0v) is 11.8. The lowest BCUT2D eigenvalue weighted by molar-refractivity contribution is 0.0753. The van der Waals surface area contributed by atoms with Gasteiger partial charge in [0.25, 0.3) is 0 Å². The van der Waals surface area contributed by atoms with Gasteiger partial charge >= 0.3 is 6.09 Å². The molecule has 0 N–H and O–H groups in total. The van der Waals surface area contributed by atoms with Crippen LogP contribution in [-0.4, -0.2) is 59.4 Å². The van der Waals surface area contributed by atoms with Crippen LogP contribution in [0, 0.1) is 0 Å². The molecule has 0 unspecified atom stereocenters. The number of rotatable bonds is 3. The summed E-state index contributed by atoms with van der Waals surface area (Å²) in [6.45, 7) is 4.77. The molecule has 8 heteroatoms. The van der Waals surface area contributed by atoms with Crippen molar-refractivity contribution in [2.75, 3.05) is 39.6 Å². The van der Waals surface area contributed by atoms with Gasteiger partial charge in [-0.25, -0.2) is 13.4 Å². The summed E-state index contributed by atoms with van der Waals surface area (Å²) >= 11 is 2.76. The van der Waals surface area contributed by atoms with E-state index in [0.717, 1.165) is 13.1 Å². The molecule has 0 aliphatic carbocycles. The molecule has 0 bridgehead atoms. The number of hydrogen-bond donors (Lipinski definition) is 0. The smallest absolute Gasteiger partial charge is 0.379 e. The summed E-state index contributed by atoms with van der Waals surface area (Å²) in [7, 11) is 1.66. The molecule has 0 aromatic rings. The lowest BCUT2D eigenvalue weighted by atomic mass is 10.5. The third kappa shape index (κ3) is 5.62. The molecule has 0 aromatic heterocycles. The Balaban J connectivity index is 2.30. The fraction of sp³-hybridized carbons (Fsp3) is 0.778. The number of oxime groups is 1. The molecule has 98 valence electrons. The fourth-order valence-electron chi connectivity index (χ4n) is 1.03. The van der Waals surface area contributed by atoms with E-state index in [-0.39, 0.29) is 0 Å². The Morgan fingerprint density at radius 2 is 2.12 bits per heavy atom. The normalized spacial score (nSPS) is 17.9. The number of ether oxygens (including phenoxy) is 1. The van der Waals surface area contributed by atoms with Gasteiger partial charge in [0, 0.05) is 32.3 Å². The van der Waals surface area contributed by atoms with Crippen molar-refractivity contribution in [3.63, 3.8) is 0 Å². The molecule has 1 aliphatic heterocycles. The predicted molar refractivity (Wildman–Crippen MR) is 70.9 cm³/mol. The molecule has 1 saturated heterocycles. The van der Waals surface area contributed by atoms with Crippen LogP contribution >= 0.6 is 23.9 Å². The molecule has 0 atom stereocenters. The molecular formula is C9H17N3O3S2. The van der Waals surface area contributed by atoms with Gasteiger partial charge in [0.15, 0.2) is 0 Å². The minimum atomic E-state index is -0.477. The zero-order chi connectivity index (χ0) is 12.7. The molecule has 0 aromatic carbocycles. The molecule has 0 radical (unpaired) electrons. The summed E-state index contributed by atoms with van der Waals surface area (Å²) in [6.07, 6.45) is 1.40. The Bertz CT molecular complexity index is 283. The fourth-order valence-corrected chi connectivity index (χ4v) is 1.90. The SMILES string of the molecule is CS/C(C)=N\OC(=O)N(C)SN1CCOCC1. The minimum Gasteiger partial charge on any atom is -0.379 e. The Kier molecular flexibility index (Phi) is 6.71. The monoisotopic (exact) mass is 279 g/mol. The Morgan fingerprint density at radius 3 is 2.71 bits per heavy atom. The number of morpholine rings is 1. The number of carbonyl (C=O) groups excluding carboxylic acids is 1. The van der Waals surface area contributed by atoms with Gasteiger partial charge in [-0.2, -0.15) is 0 Å². The van der Waals surface area contributed by atoms with Crippen molar-refractivity contribution in [1.82, 2.24) is 8.61 Å². The maximum absolute atomic E-state index is 11.5. The molecule has 0 saturated carbocycles. The highest BCUT2D eigenvalue weighted by atomic mass is 32.2. The summed E-state index contributed by atoms with van der Waals surface area (Å²) in [6, 6.07) is 0. The molecule has 1 amide bonds. The van der Waals surface area contributed by atoms with E-state index in [1.54, 1.807) is 14.0 Å². The largest absolute Gasteiger partial charge is 0.446 e. The molecule has 6 nitrogen and oxygen atoms in total.